The molecule has 3 fully saturated rings. The molecule has 22 heavy (non-hydrogen) atoms. The molecular formula is C14H21F3N2O3. The van der Waals surface area contributed by atoms with Crippen LogP contribution in [0.3, 0.4) is 0 Å². The summed E-state index contributed by atoms with van der Waals surface area (Å²) in [6.07, 6.45) is -3.46. The molecule has 3 aliphatic rings. The maximum Gasteiger partial charge on any atom is 0.416 e. The van der Waals surface area contributed by atoms with Gasteiger partial charge in [0.25, 0.3) is 0 Å². The van der Waals surface area contributed by atoms with Crippen LogP contribution in [-0.4, -0.2) is 61.2 Å². The fourth-order valence-electron chi connectivity index (χ4n) is 3.64. The maximum atomic E-state index is 12.9. The van der Waals surface area contributed by atoms with E-state index in [2.05, 4.69) is 5.32 Å². The second-order valence-corrected chi connectivity index (χ2v) is 6.27. The van der Waals surface area contributed by atoms with Crippen LogP contribution >= 0.6 is 0 Å². The molecule has 126 valence electrons. The molecule has 2 amide bonds. The van der Waals surface area contributed by atoms with Crippen molar-refractivity contribution in [1.29, 1.82) is 0 Å². The van der Waals surface area contributed by atoms with E-state index in [9.17, 15) is 18.0 Å². The number of carbonyl (C=O) groups excluding carboxylic acids is 1. The SMILES string of the molecule is CC1C(C(F)(F)F)OCCN1C(=O)NC1CC2OCCCC12. The first kappa shape index (κ1) is 15.9. The Morgan fingerprint density at radius 3 is 2.73 bits per heavy atom. The van der Waals surface area contributed by atoms with Crippen molar-refractivity contribution < 1.29 is 27.4 Å². The summed E-state index contributed by atoms with van der Waals surface area (Å²) in [7, 11) is 0. The molecule has 1 N–H and O–H groups in total. The van der Waals surface area contributed by atoms with E-state index in [1.54, 1.807) is 0 Å². The standard InChI is InChI=1S/C14H21F3N2O3/c1-8-12(14(15,16)17)22-6-4-19(8)13(20)18-10-7-11-9(10)3-2-5-21-11/h8-12H,2-7H2,1H3,(H,18,20). The fourth-order valence-corrected chi connectivity index (χ4v) is 3.64. The van der Waals surface area contributed by atoms with Crippen LogP contribution in [0, 0.1) is 5.92 Å². The van der Waals surface area contributed by atoms with Crippen LogP contribution in [0.1, 0.15) is 26.2 Å². The van der Waals surface area contributed by atoms with Gasteiger partial charge in [0.2, 0.25) is 0 Å². The van der Waals surface area contributed by atoms with Crippen molar-refractivity contribution in [2.24, 2.45) is 5.92 Å². The first-order valence-corrected chi connectivity index (χ1v) is 7.75. The highest BCUT2D eigenvalue weighted by atomic mass is 19.4. The van der Waals surface area contributed by atoms with Gasteiger partial charge in [0.15, 0.2) is 6.10 Å². The number of hydrogen-bond donors (Lipinski definition) is 1. The van der Waals surface area contributed by atoms with Gasteiger partial charge >= 0.3 is 12.2 Å². The minimum atomic E-state index is -4.46. The third-order valence-corrected chi connectivity index (χ3v) is 4.95. The van der Waals surface area contributed by atoms with E-state index >= 15 is 0 Å². The Hall–Kier alpha value is -1.02. The van der Waals surface area contributed by atoms with Gasteiger partial charge in [0, 0.05) is 25.1 Å². The number of urea groups is 1. The van der Waals surface area contributed by atoms with E-state index in [0.717, 1.165) is 25.9 Å². The number of rotatable bonds is 1. The zero-order valence-electron chi connectivity index (χ0n) is 12.4. The third kappa shape index (κ3) is 2.90. The summed E-state index contributed by atoms with van der Waals surface area (Å²) in [5, 5.41) is 2.87. The van der Waals surface area contributed by atoms with E-state index in [4.69, 9.17) is 9.47 Å². The van der Waals surface area contributed by atoms with Crippen LogP contribution in [0.5, 0.6) is 0 Å². The molecular weight excluding hydrogens is 301 g/mol. The second kappa shape index (κ2) is 5.88. The van der Waals surface area contributed by atoms with E-state index in [1.807, 2.05) is 0 Å². The summed E-state index contributed by atoms with van der Waals surface area (Å²) < 4.78 is 49.1. The van der Waals surface area contributed by atoms with Crippen molar-refractivity contribution in [1.82, 2.24) is 10.2 Å². The number of alkyl halides is 3. The van der Waals surface area contributed by atoms with Crippen LogP contribution in [0.15, 0.2) is 0 Å². The number of morpholine rings is 1. The molecule has 5 nitrogen and oxygen atoms in total. The predicted octanol–water partition coefficient (Wildman–Crippen LogP) is 1.92. The lowest BCUT2D eigenvalue weighted by atomic mass is 9.72. The molecule has 0 spiro atoms. The van der Waals surface area contributed by atoms with Crippen molar-refractivity contribution in [3.8, 4) is 0 Å². The van der Waals surface area contributed by atoms with Crippen molar-refractivity contribution in [3.63, 3.8) is 0 Å². The Balaban J connectivity index is 1.57. The molecule has 2 aliphatic heterocycles. The molecule has 1 saturated carbocycles. The van der Waals surface area contributed by atoms with Crippen LogP contribution < -0.4 is 5.32 Å². The summed E-state index contributed by atoms with van der Waals surface area (Å²) in [6, 6.07) is -1.44. The lowest BCUT2D eigenvalue weighted by Crippen LogP contribution is -2.64. The smallest absolute Gasteiger partial charge is 0.378 e. The summed E-state index contributed by atoms with van der Waals surface area (Å²) in [4.78, 5) is 13.5. The molecule has 0 aromatic rings. The Bertz CT molecular complexity index is 432. The van der Waals surface area contributed by atoms with Crippen LogP contribution in [0.25, 0.3) is 0 Å². The largest absolute Gasteiger partial charge is 0.416 e. The average molecular weight is 322 g/mol. The molecule has 0 aromatic heterocycles. The quantitative estimate of drug-likeness (QED) is 0.802. The van der Waals surface area contributed by atoms with Crippen LogP contribution in [0.2, 0.25) is 0 Å². The van der Waals surface area contributed by atoms with Crippen LogP contribution in [-0.2, 0) is 9.47 Å². The van der Waals surface area contributed by atoms with Gasteiger partial charge in [-0.3, -0.25) is 0 Å². The van der Waals surface area contributed by atoms with Gasteiger partial charge in [-0.2, -0.15) is 13.2 Å². The molecule has 2 heterocycles. The Morgan fingerprint density at radius 1 is 1.27 bits per heavy atom. The van der Waals surface area contributed by atoms with Crippen molar-refractivity contribution in [2.75, 3.05) is 19.8 Å². The van der Waals surface area contributed by atoms with Gasteiger partial charge < -0.3 is 19.7 Å². The molecule has 0 aromatic carbocycles. The van der Waals surface area contributed by atoms with Gasteiger partial charge in [-0.15, -0.1) is 0 Å². The molecule has 1 aliphatic carbocycles. The Labute approximate surface area is 127 Å². The monoisotopic (exact) mass is 322 g/mol. The van der Waals surface area contributed by atoms with Crippen molar-refractivity contribution >= 4 is 6.03 Å². The highest BCUT2D eigenvalue weighted by Crippen LogP contribution is 2.38. The number of halogens is 3. The van der Waals surface area contributed by atoms with E-state index < -0.39 is 24.4 Å². The normalized spacial score (nSPS) is 38.9. The first-order valence-electron chi connectivity index (χ1n) is 7.75. The molecule has 8 heteroatoms. The molecule has 2 saturated heterocycles. The number of ether oxygens (including phenoxy) is 2. The minimum Gasteiger partial charge on any atom is -0.378 e. The highest BCUT2D eigenvalue weighted by Gasteiger charge is 2.50. The summed E-state index contributed by atoms with van der Waals surface area (Å²) >= 11 is 0. The van der Waals surface area contributed by atoms with Gasteiger partial charge in [-0.1, -0.05) is 0 Å². The molecule has 5 atom stereocenters. The lowest BCUT2D eigenvalue weighted by molar-refractivity contribution is -0.246. The zero-order valence-corrected chi connectivity index (χ0v) is 12.4. The summed E-state index contributed by atoms with van der Waals surface area (Å²) in [6.45, 7) is 2.22. The molecule has 0 radical (unpaired) electrons. The predicted molar refractivity (Wildman–Crippen MR) is 71.4 cm³/mol. The number of carbonyl (C=O) groups is 1. The topological polar surface area (TPSA) is 50.8 Å². The van der Waals surface area contributed by atoms with Gasteiger partial charge in [0.05, 0.1) is 18.8 Å². The average Bonchev–Trinajstić information content (AvgIpc) is 2.43. The number of nitrogens with one attached hydrogen (secondary N) is 1. The van der Waals surface area contributed by atoms with E-state index in [0.29, 0.717) is 5.92 Å². The number of amides is 2. The number of hydrogen-bond acceptors (Lipinski definition) is 3. The molecule has 0 bridgehead atoms. The van der Waals surface area contributed by atoms with E-state index in [-0.39, 0.29) is 25.3 Å². The summed E-state index contributed by atoms with van der Waals surface area (Å²) in [5.41, 5.74) is 0. The van der Waals surface area contributed by atoms with Gasteiger partial charge in [-0.05, 0) is 26.2 Å². The first-order chi connectivity index (χ1) is 10.4. The Kier molecular flexibility index (Phi) is 4.24. The van der Waals surface area contributed by atoms with Crippen molar-refractivity contribution in [2.45, 2.75) is 56.7 Å². The van der Waals surface area contributed by atoms with Gasteiger partial charge in [-0.25, -0.2) is 4.79 Å². The lowest BCUT2D eigenvalue weighted by Gasteiger charge is -2.48. The number of fused-ring (bicyclic) bond motifs is 1. The summed E-state index contributed by atoms with van der Waals surface area (Å²) in [5.74, 6) is 0.299. The zero-order chi connectivity index (χ0) is 15.9. The van der Waals surface area contributed by atoms with Crippen LogP contribution in [0.4, 0.5) is 18.0 Å². The number of nitrogens with zero attached hydrogens (tertiary/aromatic N) is 1. The molecule has 5 unspecified atom stereocenters. The fraction of sp³-hybridized carbons (Fsp3) is 0.929. The van der Waals surface area contributed by atoms with Crippen molar-refractivity contribution in [3.05, 3.63) is 0 Å². The Morgan fingerprint density at radius 2 is 2.05 bits per heavy atom. The third-order valence-electron chi connectivity index (χ3n) is 4.95. The second-order valence-electron chi connectivity index (χ2n) is 6.27. The minimum absolute atomic E-state index is 0.0113. The maximum absolute atomic E-state index is 12.9. The van der Waals surface area contributed by atoms with E-state index in [1.165, 1.54) is 11.8 Å². The van der Waals surface area contributed by atoms with Gasteiger partial charge in [0.1, 0.15) is 0 Å². The molecule has 3 rings (SSSR count). The highest BCUT2D eigenvalue weighted by molar-refractivity contribution is 5.75.